The molecule has 194 valence electrons. The maximum absolute atomic E-state index is 15.2. The smallest absolute Gasteiger partial charge is 0.261 e. The molecular weight excluding hydrogens is 505 g/mol. The molecule has 1 fully saturated rings. The van der Waals surface area contributed by atoms with Gasteiger partial charge in [-0.15, -0.1) is 0 Å². The maximum atomic E-state index is 15.2. The van der Waals surface area contributed by atoms with Gasteiger partial charge in [-0.25, -0.2) is 23.1 Å². The van der Waals surface area contributed by atoms with Crippen LogP contribution in [0.1, 0.15) is 12.0 Å². The van der Waals surface area contributed by atoms with Crippen LogP contribution in [0.5, 0.6) is 0 Å². The van der Waals surface area contributed by atoms with Crippen LogP contribution in [0.3, 0.4) is 0 Å². The molecule has 0 amide bonds. The molecule has 1 saturated heterocycles. The fraction of sp³-hybridized carbons (Fsp3) is 0.179. The molecule has 8 nitrogen and oxygen atoms in total. The number of aromatic nitrogens is 7. The summed E-state index contributed by atoms with van der Waals surface area (Å²) in [5, 5.41) is 7.69. The molecule has 0 saturated carbocycles. The number of pyridine rings is 3. The molecule has 0 aliphatic carbocycles. The standard InChI is InChI=1S/C28H21F3N8/c29-22-11-18(19-9-16(12-33-13-19)14-39-8-4-28(30,31)15-39)10-21-23(22)37-38-25(21)27-35-24-20(3-7-34-26(24)36-27)17-1-5-32-6-2-17/h1-3,5-7,9-13H,4,8,14-15H2,(H,37,38)(H,34,35,36). The largest absolute Gasteiger partial charge is 0.321 e. The molecule has 1 aliphatic heterocycles. The molecule has 6 heterocycles. The molecule has 1 aliphatic rings. The van der Waals surface area contributed by atoms with Crippen LogP contribution in [0.4, 0.5) is 13.2 Å². The third-order valence-corrected chi connectivity index (χ3v) is 7.01. The van der Waals surface area contributed by atoms with E-state index in [0.29, 0.717) is 52.3 Å². The minimum absolute atomic E-state index is 0.146. The van der Waals surface area contributed by atoms with E-state index in [1.807, 2.05) is 30.3 Å². The van der Waals surface area contributed by atoms with Crippen LogP contribution in [0, 0.1) is 5.82 Å². The number of rotatable bonds is 5. The second-order valence-corrected chi connectivity index (χ2v) is 9.73. The zero-order valence-corrected chi connectivity index (χ0v) is 20.5. The number of nitrogens with one attached hydrogen (secondary N) is 2. The highest BCUT2D eigenvalue weighted by Crippen LogP contribution is 2.34. The quantitative estimate of drug-likeness (QED) is 0.303. The number of likely N-dealkylation sites (tertiary alicyclic amines) is 1. The second-order valence-electron chi connectivity index (χ2n) is 9.73. The van der Waals surface area contributed by atoms with Gasteiger partial charge in [0.25, 0.3) is 5.92 Å². The van der Waals surface area contributed by atoms with Crippen molar-refractivity contribution in [1.82, 2.24) is 40.0 Å². The Balaban J connectivity index is 1.27. The molecule has 0 spiro atoms. The fourth-order valence-corrected chi connectivity index (χ4v) is 5.15. The molecule has 1 aromatic carbocycles. The molecule has 11 heteroatoms. The number of nitrogens with zero attached hydrogens (tertiary/aromatic N) is 6. The summed E-state index contributed by atoms with van der Waals surface area (Å²) in [6, 6.07) is 10.8. The van der Waals surface area contributed by atoms with E-state index >= 15 is 4.39 Å². The number of aromatic amines is 2. The Hall–Kier alpha value is -4.64. The van der Waals surface area contributed by atoms with Crippen molar-refractivity contribution in [3.8, 4) is 33.8 Å². The highest BCUT2D eigenvalue weighted by Gasteiger charge is 2.37. The van der Waals surface area contributed by atoms with Gasteiger partial charge in [-0.1, -0.05) is 0 Å². The molecule has 2 N–H and O–H groups in total. The fourth-order valence-electron chi connectivity index (χ4n) is 5.15. The van der Waals surface area contributed by atoms with Gasteiger partial charge in [0.05, 0.1) is 6.54 Å². The lowest BCUT2D eigenvalue weighted by atomic mass is 10.0. The third-order valence-electron chi connectivity index (χ3n) is 7.01. The predicted molar refractivity (Wildman–Crippen MR) is 140 cm³/mol. The van der Waals surface area contributed by atoms with Gasteiger partial charge >= 0.3 is 0 Å². The summed E-state index contributed by atoms with van der Waals surface area (Å²) >= 11 is 0. The van der Waals surface area contributed by atoms with Crippen LogP contribution in [-0.4, -0.2) is 59.0 Å². The first kappa shape index (κ1) is 23.5. The van der Waals surface area contributed by atoms with Crippen LogP contribution in [-0.2, 0) is 6.54 Å². The van der Waals surface area contributed by atoms with Crippen molar-refractivity contribution in [3.63, 3.8) is 0 Å². The van der Waals surface area contributed by atoms with E-state index in [2.05, 4.69) is 30.1 Å². The molecule has 0 radical (unpaired) electrons. The highest BCUT2D eigenvalue weighted by atomic mass is 19.3. The summed E-state index contributed by atoms with van der Waals surface area (Å²) in [6.45, 7) is 0.404. The van der Waals surface area contributed by atoms with Crippen LogP contribution in [0.25, 0.3) is 55.8 Å². The summed E-state index contributed by atoms with van der Waals surface area (Å²) in [5.41, 5.74) is 5.83. The number of hydrogen-bond acceptors (Lipinski definition) is 6. The maximum Gasteiger partial charge on any atom is 0.261 e. The topological polar surface area (TPSA) is 99.3 Å². The van der Waals surface area contributed by atoms with Crippen molar-refractivity contribution >= 4 is 22.1 Å². The normalized spacial score (nSPS) is 15.5. The van der Waals surface area contributed by atoms with Gasteiger partial charge in [0.1, 0.15) is 22.5 Å². The van der Waals surface area contributed by atoms with Crippen molar-refractivity contribution in [2.75, 3.05) is 13.1 Å². The van der Waals surface area contributed by atoms with Crippen molar-refractivity contribution < 1.29 is 13.2 Å². The Morgan fingerprint density at radius 2 is 1.82 bits per heavy atom. The van der Waals surface area contributed by atoms with Gasteiger partial charge in [-0.05, 0) is 53.1 Å². The zero-order valence-electron chi connectivity index (χ0n) is 20.5. The third kappa shape index (κ3) is 4.30. The number of imidazole rings is 1. The molecule has 0 atom stereocenters. The predicted octanol–water partition coefficient (Wildman–Crippen LogP) is 5.61. The van der Waals surface area contributed by atoms with E-state index < -0.39 is 11.7 Å². The van der Waals surface area contributed by atoms with Gasteiger partial charge in [0, 0.05) is 67.0 Å². The summed E-state index contributed by atoms with van der Waals surface area (Å²) < 4.78 is 42.5. The van der Waals surface area contributed by atoms with E-state index in [0.717, 1.165) is 16.7 Å². The van der Waals surface area contributed by atoms with Gasteiger partial charge < -0.3 is 4.98 Å². The van der Waals surface area contributed by atoms with Crippen LogP contribution >= 0.6 is 0 Å². The number of benzene rings is 1. The van der Waals surface area contributed by atoms with Crippen LogP contribution in [0.2, 0.25) is 0 Å². The lowest BCUT2D eigenvalue weighted by molar-refractivity contribution is 0.0115. The molecule has 0 bridgehead atoms. The number of hydrogen-bond donors (Lipinski definition) is 2. The average molecular weight is 527 g/mol. The second kappa shape index (κ2) is 8.98. The zero-order chi connectivity index (χ0) is 26.6. The van der Waals surface area contributed by atoms with Gasteiger partial charge in [0.2, 0.25) is 0 Å². The van der Waals surface area contributed by atoms with Gasteiger partial charge in [0.15, 0.2) is 11.5 Å². The Morgan fingerprint density at radius 1 is 0.949 bits per heavy atom. The highest BCUT2D eigenvalue weighted by molar-refractivity contribution is 5.97. The lowest BCUT2D eigenvalue weighted by Crippen LogP contribution is -2.24. The number of halogens is 3. The molecule has 0 unspecified atom stereocenters. The summed E-state index contributed by atoms with van der Waals surface area (Å²) in [5.74, 6) is -2.69. The lowest BCUT2D eigenvalue weighted by Gasteiger charge is -2.15. The minimum atomic E-state index is -2.66. The number of H-pyrrole nitrogens is 2. The monoisotopic (exact) mass is 526 g/mol. The van der Waals surface area contributed by atoms with Gasteiger partial charge in [-0.3, -0.25) is 20.0 Å². The average Bonchev–Trinajstić information content (AvgIpc) is 3.65. The van der Waals surface area contributed by atoms with Crippen molar-refractivity contribution in [3.05, 3.63) is 78.8 Å². The van der Waals surface area contributed by atoms with E-state index in [9.17, 15) is 8.78 Å². The van der Waals surface area contributed by atoms with E-state index in [-0.39, 0.29) is 18.5 Å². The molecule has 6 aromatic rings. The SMILES string of the molecule is Fc1cc(-c2cncc(CN3CCC(F)(F)C3)c2)cc2c(-c3nc4c(-c5ccncc5)ccnc4[nH]3)n[nH]c12. The first-order chi connectivity index (χ1) is 18.9. The number of alkyl halides is 2. The first-order valence-electron chi connectivity index (χ1n) is 12.4. The Labute approximate surface area is 220 Å². The summed E-state index contributed by atoms with van der Waals surface area (Å²) in [7, 11) is 0. The summed E-state index contributed by atoms with van der Waals surface area (Å²) in [6.07, 6.45) is 8.26. The molecule has 39 heavy (non-hydrogen) atoms. The van der Waals surface area contributed by atoms with E-state index in [1.165, 1.54) is 6.07 Å². The Morgan fingerprint density at radius 3 is 2.64 bits per heavy atom. The first-order valence-corrected chi connectivity index (χ1v) is 12.4. The van der Waals surface area contributed by atoms with Crippen molar-refractivity contribution in [2.24, 2.45) is 0 Å². The van der Waals surface area contributed by atoms with Crippen molar-refractivity contribution in [2.45, 2.75) is 18.9 Å². The minimum Gasteiger partial charge on any atom is -0.321 e. The van der Waals surface area contributed by atoms with E-state index in [1.54, 1.807) is 35.9 Å². The Bertz CT molecular complexity index is 1830. The van der Waals surface area contributed by atoms with Crippen molar-refractivity contribution in [1.29, 1.82) is 0 Å². The molecule has 7 rings (SSSR count). The van der Waals surface area contributed by atoms with Crippen LogP contribution in [0.15, 0.2) is 67.4 Å². The molecule has 5 aromatic heterocycles. The number of fused-ring (bicyclic) bond motifs is 2. The molecular formula is C28H21F3N8. The van der Waals surface area contributed by atoms with Crippen LogP contribution < -0.4 is 0 Å². The van der Waals surface area contributed by atoms with E-state index in [4.69, 9.17) is 4.98 Å². The Kier molecular flexibility index (Phi) is 5.41. The summed E-state index contributed by atoms with van der Waals surface area (Å²) in [4.78, 5) is 22.5. The van der Waals surface area contributed by atoms with Gasteiger partial charge in [-0.2, -0.15) is 5.10 Å².